The minimum Gasteiger partial charge on any atom is -0.494 e. The summed E-state index contributed by atoms with van der Waals surface area (Å²) in [4.78, 5) is 0. The molecule has 0 saturated carbocycles. The molecule has 2 aromatic carbocycles. The average Bonchev–Trinajstić information content (AvgIpc) is 2.43. The zero-order valence-electron chi connectivity index (χ0n) is 11.3. The van der Waals surface area contributed by atoms with Gasteiger partial charge in [0, 0.05) is 0 Å². The van der Waals surface area contributed by atoms with Crippen LogP contribution < -0.4 is 4.74 Å². The molecular weight excluding hydrogens is 406 g/mol. The van der Waals surface area contributed by atoms with Gasteiger partial charge in [-0.05, 0) is 69.0 Å². The van der Waals surface area contributed by atoms with Crippen molar-refractivity contribution in [2.75, 3.05) is 7.11 Å². The van der Waals surface area contributed by atoms with E-state index in [1.165, 1.54) is 13.2 Å². The van der Waals surface area contributed by atoms with Crippen LogP contribution in [0.25, 0.3) is 0 Å². The average molecular weight is 424 g/mol. The third-order valence-electron chi connectivity index (χ3n) is 2.60. The van der Waals surface area contributed by atoms with E-state index in [0.29, 0.717) is 8.95 Å². The Kier molecular flexibility index (Phi) is 8.74. The molecule has 0 aliphatic carbocycles. The first kappa shape index (κ1) is 20.1. The first-order valence-electron chi connectivity index (χ1n) is 5.77. The van der Waals surface area contributed by atoms with Crippen molar-refractivity contribution in [2.24, 2.45) is 0 Å². The Morgan fingerprint density at radius 2 is 1.48 bits per heavy atom. The molecule has 5 heteroatoms. The predicted molar refractivity (Wildman–Crippen MR) is 91.0 cm³/mol. The first-order valence-corrected chi connectivity index (χ1v) is 7.36. The molecule has 0 bridgehead atoms. The highest BCUT2D eigenvalue weighted by Crippen LogP contribution is 2.27. The van der Waals surface area contributed by atoms with Crippen LogP contribution in [0.15, 0.2) is 39.3 Å². The van der Waals surface area contributed by atoms with Crippen molar-refractivity contribution in [1.82, 2.24) is 0 Å². The molecule has 0 N–H and O–H groups in total. The highest BCUT2D eigenvalue weighted by molar-refractivity contribution is 9.10. The van der Waals surface area contributed by atoms with Crippen LogP contribution in [0.5, 0.6) is 5.75 Å². The van der Waals surface area contributed by atoms with Crippen LogP contribution in [0, 0.1) is 25.5 Å². The minimum absolute atomic E-state index is 0. The maximum Gasteiger partial charge on any atom is 0.179 e. The normalized spacial score (nSPS) is 9.29. The summed E-state index contributed by atoms with van der Waals surface area (Å²) in [6.07, 6.45) is 0. The predicted octanol–water partition coefficient (Wildman–Crippen LogP) is 6.44. The molecule has 0 amide bonds. The Bertz CT molecular complexity index is 581. The van der Waals surface area contributed by atoms with Crippen molar-refractivity contribution in [1.29, 1.82) is 0 Å². The van der Waals surface area contributed by atoms with Crippen LogP contribution >= 0.6 is 31.9 Å². The van der Waals surface area contributed by atoms with Gasteiger partial charge in [-0.2, -0.15) is 0 Å². The standard InChI is InChI=1S/C8H8BrFO.C7H6BrF.CH4/c1-5-3-4-6(11-2)8(10)7(5)9;1-5-3-2-4-6(9)7(5)8;/h3-4H,1-2H3;2-4H,1H3;1H4. The summed E-state index contributed by atoms with van der Waals surface area (Å²) >= 11 is 6.22. The number of hydrogen-bond acceptors (Lipinski definition) is 1. The molecule has 0 aliphatic rings. The number of benzene rings is 2. The van der Waals surface area contributed by atoms with Crippen LogP contribution in [0.4, 0.5) is 8.78 Å². The van der Waals surface area contributed by atoms with Gasteiger partial charge in [0.25, 0.3) is 0 Å². The summed E-state index contributed by atoms with van der Waals surface area (Å²) in [6, 6.07) is 8.38. The van der Waals surface area contributed by atoms with E-state index in [1.807, 2.05) is 19.9 Å². The molecule has 0 aromatic heterocycles. The van der Waals surface area contributed by atoms with Crippen LogP contribution in [0.3, 0.4) is 0 Å². The summed E-state index contributed by atoms with van der Waals surface area (Å²) in [5.41, 5.74) is 1.79. The fraction of sp³-hybridized carbons (Fsp3) is 0.250. The van der Waals surface area contributed by atoms with Gasteiger partial charge in [0.1, 0.15) is 5.82 Å². The first-order chi connectivity index (χ1) is 9.38. The monoisotopic (exact) mass is 422 g/mol. The second-order valence-electron chi connectivity index (χ2n) is 4.08. The van der Waals surface area contributed by atoms with Gasteiger partial charge < -0.3 is 4.74 Å². The van der Waals surface area contributed by atoms with Gasteiger partial charge in [-0.15, -0.1) is 0 Å². The third-order valence-corrected chi connectivity index (χ3v) is 4.58. The van der Waals surface area contributed by atoms with Gasteiger partial charge in [0.05, 0.1) is 16.1 Å². The Labute approximate surface area is 141 Å². The number of methoxy groups -OCH3 is 1. The van der Waals surface area contributed by atoms with Crippen molar-refractivity contribution in [3.63, 3.8) is 0 Å². The summed E-state index contributed by atoms with van der Waals surface area (Å²) in [6.45, 7) is 3.68. The Hall–Kier alpha value is -0.940. The highest BCUT2D eigenvalue weighted by atomic mass is 79.9. The lowest BCUT2D eigenvalue weighted by atomic mass is 10.2. The van der Waals surface area contributed by atoms with Gasteiger partial charge in [-0.25, -0.2) is 8.78 Å². The van der Waals surface area contributed by atoms with E-state index in [-0.39, 0.29) is 24.8 Å². The number of rotatable bonds is 1. The van der Waals surface area contributed by atoms with E-state index in [9.17, 15) is 8.78 Å². The SMILES string of the molecule is C.COc1ccc(C)c(Br)c1F.Cc1cccc(F)c1Br. The van der Waals surface area contributed by atoms with Crippen molar-refractivity contribution in [2.45, 2.75) is 21.3 Å². The molecule has 0 aliphatic heterocycles. The Balaban J connectivity index is 0.000000370. The summed E-state index contributed by atoms with van der Waals surface area (Å²) in [5.74, 6) is -0.273. The molecule has 1 nitrogen and oxygen atoms in total. The third kappa shape index (κ3) is 5.40. The second kappa shape index (κ2) is 9.15. The molecule has 0 saturated heterocycles. The molecule has 0 unspecified atom stereocenters. The van der Waals surface area contributed by atoms with Gasteiger partial charge in [0.2, 0.25) is 0 Å². The summed E-state index contributed by atoms with van der Waals surface area (Å²) in [5, 5.41) is 0. The molecule has 0 heterocycles. The second-order valence-corrected chi connectivity index (χ2v) is 5.67. The van der Waals surface area contributed by atoms with Gasteiger partial charge in [-0.1, -0.05) is 25.6 Å². The number of aryl methyl sites for hydroxylation is 2. The van der Waals surface area contributed by atoms with Crippen molar-refractivity contribution < 1.29 is 13.5 Å². The fourth-order valence-electron chi connectivity index (χ4n) is 1.40. The van der Waals surface area contributed by atoms with E-state index in [4.69, 9.17) is 4.74 Å². The van der Waals surface area contributed by atoms with Crippen LogP contribution in [-0.2, 0) is 0 Å². The van der Waals surface area contributed by atoms with E-state index >= 15 is 0 Å². The van der Waals surface area contributed by atoms with E-state index < -0.39 is 0 Å². The zero-order valence-corrected chi connectivity index (χ0v) is 14.5. The minimum atomic E-state index is -0.340. The van der Waals surface area contributed by atoms with Crippen LogP contribution in [-0.4, -0.2) is 7.11 Å². The maximum atomic E-state index is 13.1. The Morgan fingerprint density at radius 3 is 1.95 bits per heavy atom. The number of ether oxygens (including phenoxy) is 1. The summed E-state index contributed by atoms with van der Waals surface area (Å²) < 4.78 is 31.4. The molecule has 2 rings (SSSR count). The lowest BCUT2D eigenvalue weighted by molar-refractivity contribution is 0.385. The molecule has 0 spiro atoms. The lowest BCUT2D eigenvalue weighted by Crippen LogP contribution is -1.90. The molecule has 21 heavy (non-hydrogen) atoms. The van der Waals surface area contributed by atoms with E-state index in [1.54, 1.807) is 18.2 Å². The molecule has 2 aromatic rings. The highest BCUT2D eigenvalue weighted by Gasteiger charge is 2.07. The molecular formula is C16H18Br2F2O. The maximum absolute atomic E-state index is 13.1. The Morgan fingerprint density at radius 1 is 0.905 bits per heavy atom. The molecule has 0 atom stereocenters. The van der Waals surface area contributed by atoms with E-state index in [0.717, 1.165) is 11.1 Å². The largest absolute Gasteiger partial charge is 0.494 e. The lowest BCUT2D eigenvalue weighted by Gasteiger charge is -2.04. The zero-order chi connectivity index (χ0) is 15.3. The van der Waals surface area contributed by atoms with Crippen LogP contribution in [0.2, 0.25) is 0 Å². The molecule has 0 radical (unpaired) electrons. The number of halogens is 4. The fourth-order valence-corrected chi connectivity index (χ4v) is 1.99. The van der Waals surface area contributed by atoms with E-state index in [2.05, 4.69) is 31.9 Å². The molecule has 116 valence electrons. The topological polar surface area (TPSA) is 9.23 Å². The smallest absolute Gasteiger partial charge is 0.179 e. The van der Waals surface area contributed by atoms with Crippen molar-refractivity contribution >= 4 is 31.9 Å². The quantitative estimate of drug-likeness (QED) is 0.512. The van der Waals surface area contributed by atoms with Gasteiger partial charge >= 0.3 is 0 Å². The van der Waals surface area contributed by atoms with Gasteiger partial charge in [-0.3, -0.25) is 0 Å². The number of hydrogen-bond donors (Lipinski definition) is 0. The summed E-state index contributed by atoms with van der Waals surface area (Å²) in [7, 11) is 1.44. The molecule has 0 fully saturated rings. The van der Waals surface area contributed by atoms with Gasteiger partial charge in [0.15, 0.2) is 11.6 Å². The van der Waals surface area contributed by atoms with Crippen molar-refractivity contribution in [3.8, 4) is 5.75 Å². The van der Waals surface area contributed by atoms with Crippen molar-refractivity contribution in [3.05, 3.63) is 62.0 Å². The van der Waals surface area contributed by atoms with Crippen LogP contribution in [0.1, 0.15) is 18.6 Å².